The second-order valence-corrected chi connectivity index (χ2v) is 12.9. The number of rotatable bonds is 9. The zero-order valence-electron chi connectivity index (χ0n) is 27.2. The Morgan fingerprint density at radius 1 is 0.860 bits per heavy atom. The van der Waals surface area contributed by atoms with E-state index < -0.39 is 80.0 Å². The first-order valence-electron chi connectivity index (χ1n) is 16.2. The van der Waals surface area contributed by atoms with Gasteiger partial charge >= 0.3 is 0 Å². The molecule has 6 N–H and O–H groups in total. The average Bonchev–Trinajstić information content (AvgIpc) is 3.57. The zero-order valence-corrected chi connectivity index (χ0v) is 27.2. The molecule has 2 aromatic rings. The van der Waals surface area contributed by atoms with E-state index in [2.05, 4.69) is 6.58 Å². The minimum Gasteiger partial charge on any atom is -0.493 e. The van der Waals surface area contributed by atoms with Crippen LogP contribution in [-0.2, 0) is 25.4 Å². The van der Waals surface area contributed by atoms with Crippen molar-refractivity contribution in [1.29, 1.82) is 0 Å². The van der Waals surface area contributed by atoms with Gasteiger partial charge in [-0.1, -0.05) is 6.58 Å². The molecule has 5 aliphatic rings. The monoisotopic (exact) mass is 704 g/mol. The van der Waals surface area contributed by atoms with Gasteiger partial charge in [0.05, 0.1) is 45.5 Å². The predicted molar refractivity (Wildman–Crippen MR) is 167 cm³/mol. The van der Waals surface area contributed by atoms with Gasteiger partial charge < -0.3 is 73.3 Å². The van der Waals surface area contributed by atoms with E-state index in [9.17, 15) is 35.4 Å². The van der Waals surface area contributed by atoms with Crippen LogP contribution in [0.25, 0.3) is 0 Å². The molecule has 12 atom stereocenters. The van der Waals surface area contributed by atoms with Crippen molar-refractivity contribution in [3.8, 4) is 28.7 Å². The fourth-order valence-electron chi connectivity index (χ4n) is 6.88. The fourth-order valence-corrected chi connectivity index (χ4v) is 6.88. The molecule has 0 unspecified atom stereocenters. The van der Waals surface area contributed by atoms with E-state index in [1.165, 1.54) is 14.2 Å². The van der Waals surface area contributed by atoms with Crippen LogP contribution in [0, 0.1) is 0 Å². The summed E-state index contributed by atoms with van der Waals surface area (Å²) in [5, 5.41) is 61.2. The van der Waals surface area contributed by atoms with Crippen LogP contribution < -0.4 is 23.7 Å². The lowest BCUT2D eigenvalue weighted by Crippen LogP contribution is -2.60. The molecule has 5 aliphatic heterocycles. The Morgan fingerprint density at radius 3 is 2.36 bits per heavy atom. The molecule has 0 saturated carbocycles. The van der Waals surface area contributed by atoms with Crippen LogP contribution >= 0.6 is 0 Å². The minimum atomic E-state index is -1.67. The highest BCUT2D eigenvalue weighted by Gasteiger charge is 2.48. The van der Waals surface area contributed by atoms with Crippen LogP contribution in [0.15, 0.2) is 36.4 Å². The number of benzene rings is 2. The summed E-state index contributed by atoms with van der Waals surface area (Å²) < 4.78 is 51.5. The number of ketones is 1. The Hall–Kier alpha value is -3.55. The first kappa shape index (κ1) is 34.9. The molecule has 0 aromatic heterocycles. The quantitative estimate of drug-likeness (QED) is 0.172. The molecule has 50 heavy (non-hydrogen) atoms. The molecule has 7 rings (SSSR count). The van der Waals surface area contributed by atoms with Gasteiger partial charge in [0.1, 0.15) is 78.8 Å². The fraction of sp³-hybridized carbons (Fsp3) is 0.559. The van der Waals surface area contributed by atoms with E-state index in [4.69, 9.17) is 42.6 Å². The first-order valence-corrected chi connectivity index (χ1v) is 16.2. The van der Waals surface area contributed by atoms with E-state index in [0.717, 1.165) is 0 Å². The van der Waals surface area contributed by atoms with Gasteiger partial charge in [0.25, 0.3) is 0 Å². The molecule has 16 nitrogen and oxygen atoms in total. The summed E-state index contributed by atoms with van der Waals surface area (Å²) in [6.45, 7) is 3.35. The summed E-state index contributed by atoms with van der Waals surface area (Å²) in [7, 11) is 3.04. The molecule has 0 aliphatic carbocycles. The highest BCUT2D eigenvalue weighted by Crippen LogP contribution is 2.50. The lowest BCUT2D eigenvalue weighted by molar-refractivity contribution is -0.319. The second-order valence-electron chi connectivity index (χ2n) is 12.9. The van der Waals surface area contributed by atoms with Gasteiger partial charge in [-0.05, 0) is 23.8 Å². The SMILES string of the molecule is C=C(CO[C@@H]1O[C@H](CO[C@H]2OC[C@@H](O)[C@@H](O)[C@H]2O)[C@@H](O)[C@H](O)[C@H]1O)[C@@H]1Cc2c(ccc3c2O[C@H]2COc4cc(OC)c(OC)cc4[C@@H]2C3=O)O1. The summed E-state index contributed by atoms with van der Waals surface area (Å²) in [6, 6.07) is 6.82. The van der Waals surface area contributed by atoms with Crippen molar-refractivity contribution in [3.05, 3.63) is 53.1 Å². The number of aliphatic hydroxyl groups excluding tert-OH is 6. The summed E-state index contributed by atoms with van der Waals surface area (Å²) in [4.78, 5) is 13.9. The van der Waals surface area contributed by atoms with Gasteiger partial charge in [-0.2, -0.15) is 0 Å². The van der Waals surface area contributed by atoms with Crippen LogP contribution in [0.4, 0.5) is 0 Å². The van der Waals surface area contributed by atoms with Gasteiger partial charge in [0.15, 0.2) is 29.9 Å². The summed E-state index contributed by atoms with van der Waals surface area (Å²) in [5.41, 5.74) is 2.20. The number of carbonyl (C=O) groups excluding carboxylic acids is 1. The third-order valence-corrected chi connectivity index (χ3v) is 9.76. The highest BCUT2D eigenvalue weighted by atomic mass is 16.7. The number of aliphatic hydroxyl groups is 6. The molecule has 0 bridgehead atoms. The van der Waals surface area contributed by atoms with Crippen LogP contribution in [0.1, 0.15) is 27.4 Å². The summed E-state index contributed by atoms with van der Waals surface area (Å²) in [5.74, 6) is 1.67. The lowest BCUT2D eigenvalue weighted by Gasteiger charge is -2.41. The predicted octanol–water partition coefficient (Wildman–Crippen LogP) is -1.04. The Labute approximate surface area is 286 Å². The number of ether oxygens (including phenoxy) is 9. The summed E-state index contributed by atoms with van der Waals surface area (Å²) in [6.07, 6.45) is -14.1. The van der Waals surface area contributed by atoms with Crippen LogP contribution in [0.2, 0.25) is 0 Å². The van der Waals surface area contributed by atoms with Crippen molar-refractivity contribution < 1.29 is 78.1 Å². The van der Waals surface area contributed by atoms with Crippen molar-refractivity contribution in [2.45, 2.75) is 79.9 Å². The van der Waals surface area contributed by atoms with E-state index in [-0.39, 0.29) is 25.6 Å². The first-order chi connectivity index (χ1) is 24.0. The van der Waals surface area contributed by atoms with Crippen molar-refractivity contribution in [3.63, 3.8) is 0 Å². The molecular formula is C34H40O16. The number of hydrogen-bond donors (Lipinski definition) is 6. The maximum Gasteiger partial charge on any atom is 0.187 e. The molecule has 2 aromatic carbocycles. The van der Waals surface area contributed by atoms with Crippen molar-refractivity contribution in [2.75, 3.05) is 40.6 Å². The number of Topliss-reactive ketones (excluding diaryl/α,β-unsaturated/α-hetero) is 1. The topological polar surface area (TPSA) is 222 Å². The molecule has 0 amide bonds. The molecule has 2 fully saturated rings. The Balaban J connectivity index is 0.993. The Morgan fingerprint density at radius 2 is 1.60 bits per heavy atom. The van der Waals surface area contributed by atoms with Crippen LogP contribution in [0.3, 0.4) is 0 Å². The number of methoxy groups -OCH3 is 2. The zero-order chi connectivity index (χ0) is 35.4. The molecule has 5 heterocycles. The molecule has 2 saturated heterocycles. The van der Waals surface area contributed by atoms with E-state index in [1.807, 2.05) is 0 Å². The van der Waals surface area contributed by atoms with Crippen molar-refractivity contribution in [2.24, 2.45) is 0 Å². The largest absolute Gasteiger partial charge is 0.493 e. The van der Waals surface area contributed by atoms with Crippen LogP contribution in [0.5, 0.6) is 28.7 Å². The molecule has 0 radical (unpaired) electrons. The molecule has 272 valence electrons. The van der Waals surface area contributed by atoms with Gasteiger partial charge in [0.2, 0.25) is 0 Å². The minimum absolute atomic E-state index is 0.123. The third kappa shape index (κ3) is 6.08. The van der Waals surface area contributed by atoms with Gasteiger partial charge in [-0.15, -0.1) is 0 Å². The van der Waals surface area contributed by atoms with Crippen molar-refractivity contribution in [1.82, 2.24) is 0 Å². The average molecular weight is 705 g/mol. The van der Waals surface area contributed by atoms with Crippen molar-refractivity contribution >= 4 is 5.78 Å². The third-order valence-electron chi connectivity index (χ3n) is 9.76. The number of carbonyl (C=O) groups is 1. The second kappa shape index (κ2) is 13.9. The smallest absolute Gasteiger partial charge is 0.187 e. The normalized spacial score (nSPS) is 35.7. The van der Waals surface area contributed by atoms with Crippen LogP contribution in [-0.4, -0.2) is 145 Å². The highest BCUT2D eigenvalue weighted by molar-refractivity contribution is 6.06. The molecule has 16 heteroatoms. The number of fused-ring (bicyclic) bond motifs is 6. The van der Waals surface area contributed by atoms with E-state index >= 15 is 0 Å². The number of hydrogen-bond acceptors (Lipinski definition) is 16. The maximum absolute atomic E-state index is 13.9. The Bertz CT molecular complexity index is 1610. The summed E-state index contributed by atoms with van der Waals surface area (Å²) >= 11 is 0. The maximum atomic E-state index is 13.9. The lowest BCUT2D eigenvalue weighted by atomic mass is 9.81. The molecule has 0 spiro atoms. The van der Waals surface area contributed by atoms with Gasteiger partial charge in [-0.3, -0.25) is 4.79 Å². The standard InChI is InChI=1S/C34H40O16/c1-13(9-45-34-31(41)29(39)28(38)24(50-34)12-47-33-30(40)27(37)17(35)10-46-33)19-7-16-18(48-19)5-4-14-26(36)25-15-6-21(42-2)22(43-3)8-20(15)44-11-23(25)49-32(14)16/h4-6,8,17,19,23-25,27-31,33-35,37-41H,1,7,9-12H2,2-3H3/t17-,19+,23+,24-,25+,27-,28-,29+,30-,31-,33-,34-/m1/s1. The van der Waals surface area contributed by atoms with Gasteiger partial charge in [-0.25, -0.2) is 0 Å². The van der Waals surface area contributed by atoms with E-state index in [1.54, 1.807) is 24.3 Å². The Kier molecular flexibility index (Phi) is 9.68. The van der Waals surface area contributed by atoms with Gasteiger partial charge in [0, 0.05) is 23.6 Å². The molecular weight excluding hydrogens is 664 g/mol. The van der Waals surface area contributed by atoms with E-state index in [0.29, 0.717) is 57.4 Å².